The summed E-state index contributed by atoms with van der Waals surface area (Å²) in [6, 6.07) is 0. The smallest absolute Gasteiger partial charge is 0.0376 e. The first-order valence-electron chi connectivity index (χ1n) is 11.5. The van der Waals surface area contributed by atoms with Gasteiger partial charge in [-0.05, 0) is 57.7 Å². The highest BCUT2D eigenvalue weighted by molar-refractivity contribution is 6.00. The standard InChI is InChI=1S/C13H25N.C5H13N.3C2H6/c1-6-9-10-13(14-5)12(8-3)11(4)7-2;1-3-5-6-4-2;3*1-2/h6-10H2,1-5H3;6H,3-5H2,1-2H3;3*1-2H3/b12-11+,14-13?;;;;. The van der Waals surface area contributed by atoms with Crippen molar-refractivity contribution in [2.24, 2.45) is 4.99 Å². The molecule has 0 unspecified atom stereocenters. The second-order valence-electron chi connectivity index (χ2n) is 5.09. The third-order valence-corrected chi connectivity index (χ3v) is 3.46. The summed E-state index contributed by atoms with van der Waals surface area (Å²) in [5, 5.41) is 3.20. The monoisotopic (exact) mass is 372 g/mol. The Kier molecular flexibility index (Phi) is 55.1. The summed E-state index contributed by atoms with van der Waals surface area (Å²) in [4.78, 5) is 4.42. The molecule has 2 nitrogen and oxygen atoms in total. The van der Waals surface area contributed by atoms with Gasteiger partial charge in [-0.1, -0.05) is 88.2 Å². The van der Waals surface area contributed by atoms with Crippen LogP contribution in [0.2, 0.25) is 0 Å². The van der Waals surface area contributed by atoms with E-state index in [1.54, 1.807) is 0 Å². The van der Waals surface area contributed by atoms with Crippen molar-refractivity contribution in [3.8, 4) is 0 Å². The minimum Gasteiger partial charge on any atom is -0.317 e. The van der Waals surface area contributed by atoms with E-state index in [2.05, 4.69) is 51.9 Å². The van der Waals surface area contributed by atoms with Crippen molar-refractivity contribution in [1.29, 1.82) is 0 Å². The van der Waals surface area contributed by atoms with E-state index in [1.165, 1.54) is 36.1 Å². The highest BCUT2D eigenvalue weighted by Crippen LogP contribution is 2.17. The Labute approximate surface area is 169 Å². The molecular formula is C24H56N2. The molecule has 26 heavy (non-hydrogen) atoms. The Morgan fingerprint density at radius 2 is 1.27 bits per heavy atom. The van der Waals surface area contributed by atoms with E-state index in [9.17, 15) is 0 Å². The highest BCUT2D eigenvalue weighted by atomic mass is 14.8. The van der Waals surface area contributed by atoms with Gasteiger partial charge in [0.25, 0.3) is 0 Å². The van der Waals surface area contributed by atoms with Gasteiger partial charge in [0.15, 0.2) is 0 Å². The maximum atomic E-state index is 4.42. The van der Waals surface area contributed by atoms with Crippen LogP contribution in [0.3, 0.4) is 0 Å². The quantitative estimate of drug-likeness (QED) is 0.318. The van der Waals surface area contributed by atoms with Gasteiger partial charge in [0.2, 0.25) is 0 Å². The van der Waals surface area contributed by atoms with Crippen LogP contribution in [0.25, 0.3) is 0 Å². The molecule has 0 aromatic rings. The number of unbranched alkanes of at least 4 members (excludes halogenated alkanes) is 1. The van der Waals surface area contributed by atoms with E-state index in [0.717, 1.165) is 32.4 Å². The molecule has 0 aliphatic heterocycles. The third-order valence-electron chi connectivity index (χ3n) is 3.46. The van der Waals surface area contributed by atoms with Crippen molar-refractivity contribution >= 4 is 5.71 Å². The van der Waals surface area contributed by atoms with E-state index >= 15 is 0 Å². The average molecular weight is 373 g/mol. The summed E-state index contributed by atoms with van der Waals surface area (Å²) in [6.45, 7) is 27.5. The summed E-state index contributed by atoms with van der Waals surface area (Å²) < 4.78 is 0. The normalized spacial score (nSPS) is 10.4. The zero-order valence-electron chi connectivity index (χ0n) is 21.1. The molecule has 0 radical (unpaired) electrons. The maximum absolute atomic E-state index is 4.42. The average Bonchev–Trinajstić information content (AvgIpc) is 2.73. The number of hydrogen-bond acceptors (Lipinski definition) is 2. The molecule has 0 atom stereocenters. The second kappa shape index (κ2) is 39.4. The summed E-state index contributed by atoms with van der Waals surface area (Å²) >= 11 is 0. The SMILES string of the molecule is CC.CC.CC.CCCCC(=NC)/C(CC)=C(\C)CC.CCCNCC. The lowest BCUT2D eigenvalue weighted by molar-refractivity contribution is 0.703. The van der Waals surface area contributed by atoms with Crippen molar-refractivity contribution in [3.05, 3.63) is 11.1 Å². The van der Waals surface area contributed by atoms with Gasteiger partial charge >= 0.3 is 0 Å². The molecule has 0 aromatic heterocycles. The van der Waals surface area contributed by atoms with E-state index in [-0.39, 0.29) is 0 Å². The van der Waals surface area contributed by atoms with Gasteiger partial charge in [-0.25, -0.2) is 0 Å². The summed E-state index contributed by atoms with van der Waals surface area (Å²) in [5.41, 5.74) is 4.32. The maximum Gasteiger partial charge on any atom is 0.0376 e. The number of nitrogens with one attached hydrogen (secondary N) is 1. The number of allylic oxidation sites excluding steroid dienone is 2. The van der Waals surface area contributed by atoms with Gasteiger partial charge < -0.3 is 5.32 Å². The van der Waals surface area contributed by atoms with Gasteiger partial charge in [0.1, 0.15) is 0 Å². The molecule has 0 saturated heterocycles. The molecule has 0 amide bonds. The van der Waals surface area contributed by atoms with Crippen molar-refractivity contribution in [3.63, 3.8) is 0 Å². The molecule has 0 saturated carbocycles. The first-order valence-corrected chi connectivity index (χ1v) is 11.5. The molecule has 0 aliphatic carbocycles. The summed E-state index contributed by atoms with van der Waals surface area (Å²) in [6.07, 6.45) is 7.17. The number of rotatable bonds is 9. The Morgan fingerprint density at radius 1 is 0.769 bits per heavy atom. The van der Waals surface area contributed by atoms with Crippen molar-refractivity contribution in [2.75, 3.05) is 20.1 Å². The molecule has 0 spiro atoms. The van der Waals surface area contributed by atoms with Crippen molar-refractivity contribution in [2.45, 2.75) is 122 Å². The second-order valence-corrected chi connectivity index (χ2v) is 5.09. The third kappa shape index (κ3) is 28.2. The Morgan fingerprint density at radius 3 is 1.50 bits per heavy atom. The zero-order chi connectivity index (χ0) is 21.8. The molecule has 0 fully saturated rings. The fraction of sp³-hybridized carbons (Fsp3) is 0.875. The van der Waals surface area contributed by atoms with Gasteiger partial charge in [0.05, 0.1) is 0 Å². The lowest BCUT2D eigenvalue weighted by atomic mass is 9.96. The fourth-order valence-corrected chi connectivity index (χ4v) is 2.06. The number of nitrogens with zero attached hydrogens (tertiary/aromatic N) is 1. The van der Waals surface area contributed by atoms with Crippen LogP contribution in [0.1, 0.15) is 122 Å². The molecule has 1 N–H and O–H groups in total. The highest BCUT2D eigenvalue weighted by Gasteiger charge is 2.06. The Hall–Kier alpha value is -0.630. The number of hydrogen-bond donors (Lipinski definition) is 1. The van der Waals surface area contributed by atoms with Crippen LogP contribution < -0.4 is 5.32 Å². The molecule has 0 rings (SSSR count). The van der Waals surface area contributed by atoms with Crippen LogP contribution in [0.4, 0.5) is 0 Å². The molecular weight excluding hydrogens is 316 g/mol. The molecule has 2 heteroatoms. The van der Waals surface area contributed by atoms with Crippen LogP contribution in [0, 0.1) is 0 Å². The fourth-order valence-electron chi connectivity index (χ4n) is 2.06. The Bertz CT molecular complexity index is 261. The summed E-state index contributed by atoms with van der Waals surface area (Å²) in [5.74, 6) is 0. The molecule has 0 bridgehead atoms. The van der Waals surface area contributed by atoms with Crippen LogP contribution in [0.5, 0.6) is 0 Å². The van der Waals surface area contributed by atoms with Crippen molar-refractivity contribution < 1.29 is 0 Å². The zero-order valence-corrected chi connectivity index (χ0v) is 21.1. The van der Waals surface area contributed by atoms with Gasteiger partial charge in [0, 0.05) is 12.8 Å². The van der Waals surface area contributed by atoms with Crippen molar-refractivity contribution in [1.82, 2.24) is 5.32 Å². The van der Waals surface area contributed by atoms with Gasteiger partial charge in [-0.15, -0.1) is 0 Å². The van der Waals surface area contributed by atoms with Crippen LogP contribution >= 0.6 is 0 Å². The van der Waals surface area contributed by atoms with Gasteiger partial charge in [-0.3, -0.25) is 4.99 Å². The van der Waals surface area contributed by atoms with Crippen LogP contribution in [-0.4, -0.2) is 25.8 Å². The van der Waals surface area contributed by atoms with E-state index < -0.39 is 0 Å². The molecule has 0 aliphatic rings. The Balaban J connectivity index is -0.000000102. The summed E-state index contributed by atoms with van der Waals surface area (Å²) in [7, 11) is 1.92. The lowest BCUT2D eigenvalue weighted by Crippen LogP contribution is -2.12. The lowest BCUT2D eigenvalue weighted by Gasteiger charge is -2.11. The minimum absolute atomic E-state index is 1.10. The largest absolute Gasteiger partial charge is 0.317 e. The molecule has 0 heterocycles. The number of aliphatic imine (C=N–C) groups is 1. The van der Waals surface area contributed by atoms with E-state index in [1.807, 2.05) is 48.6 Å². The van der Waals surface area contributed by atoms with E-state index in [4.69, 9.17) is 0 Å². The molecule has 0 aromatic carbocycles. The van der Waals surface area contributed by atoms with Crippen LogP contribution in [0.15, 0.2) is 16.1 Å². The first-order chi connectivity index (χ1) is 12.6. The molecule has 162 valence electrons. The predicted octanol–water partition coefficient (Wildman–Crippen LogP) is 8.47. The predicted molar refractivity (Wildman–Crippen MR) is 129 cm³/mol. The topological polar surface area (TPSA) is 24.4 Å². The van der Waals surface area contributed by atoms with Gasteiger partial charge in [-0.2, -0.15) is 0 Å². The van der Waals surface area contributed by atoms with E-state index in [0.29, 0.717) is 0 Å². The minimum atomic E-state index is 1.10. The first kappa shape index (κ1) is 36.3. The van der Waals surface area contributed by atoms with Crippen LogP contribution in [-0.2, 0) is 0 Å².